The number of amides is 1. The minimum absolute atomic E-state index is 0.238. The van der Waals surface area contributed by atoms with Crippen molar-refractivity contribution in [3.63, 3.8) is 0 Å². The molecule has 3 nitrogen and oxygen atoms in total. The van der Waals surface area contributed by atoms with Gasteiger partial charge in [0.2, 0.25) is 0 Å². The summed E-state index contributed by atoms with van der Waals surface area (Å²) in [7, 11) is 0. The van der Waals surface area contributed by atoms with E-state index in [4.69, 9.17) is 5.11 Å². The van der Waals surface area contributed by atoms with Crippen LogP contribution in [-0.4, -0.2) is 23.7 Å². The average Bonchev–Trinajstić information content (AvgIpc) is 2.27. The fourth-order valence-corrected chi connectivity index (χ4v) is 1.66. The van der Waals surface area contributed by atoms with Gasteiger partial charge < -0.3 is 10.4 Å². The molecule has 0 aliphatic heterocycles. The number of alkyl halides is 3. The van der Waals surface area contributed by atoms with E-state index in [1.165, 1.54) is 13.0 Å². The molecule has 0 saturated carbocycles. The molecule has 1 atom stereocenters. The first-order valence-electron chi connectivity index (χ1n) is 5.04. The summed E-state index contributed by atoms with van der Waals surface area (Å²) < 4.78 is 38.5. The van der Waals surface area contributed by atoms with Crippen LogP contribution in [0.15, 0.2) is 22.7 Å². The van der Waals surface area contributed by atoms with Gasteiger partial charge in [0, 0.05) is 10.5 Å². The van der Waals surface area contributed by atoms with Gasteiger partial charge in [-0.2, -0.15) is 13.2 Å². The largest absolute Gasteiger partial charge is 0.417 e. The predicted molar refractivity (Wildman–Crippen MR) is 63.2 cm³/mol. The summed E-state index contributed by atoms with van der Waals surface area (Å²) in [6.45, 7) is 1.15. The third kappa shape index (κ3) is 3.71. The normalized spacial score (nSPS) is 13.2. The second kappa shape index (κ2) is 5.71. The fourth-order valence-electron chi connectivity index (χ4n) is 1.30. The molecule has 0 radical (unpaired) electrons. The van der Waals surface area contributed by atoms with Crippen molar-refractivity contribution in [1.29, 1.82) is 0 Å². The van der Waals surface area contributed by atoms with Crippen molar-refractivity contribution in [2.45, 2.75) is 19.1 Å². The van der Waals surface area contributed by atoms with Gasteiger partial charge in [-0.15, -0.1) is 0 Å². The van der Waals surface area contributed by atoms with Gasteiger partial charge in [-0.3, -0.25) is 4.79 Å². The number of rotatable bonds is 3. The smallest absolute Gasteiger partial charge is 0.394 e. The zero-order valence-electron chi connectivity index (χ0n) is 9.38. The average molecular weight is 326 g/mol. The third-order valence-electron chi connectivity index (χ3n) is 2.18. The monoisotopic (exact) mass is 325 g/mol. The molecule has 0 spiro atoms. The van der Waals surface area contributed by atoms with Crippen molar-refractivity contribution in [2.24, 2.45) is 0 Å². The first-order valence-corrected chi connectivity index (χ1v) is 5.83. The molecule has 0 fully saturated rings. The van der Waals surface area contributed by atoms with Crippen molar-refractivity contribution in [3.8, 4) is 0 Å². The van der Waals surface area contributed by atoms with E-state index in [1.54, 1.807) is 0 Å². The molecule has 18 heavy (non-hydrogen) atoms. The van der Waals surface area contributed by atoms with Gasteiger partial charge in [0.25, 0.3) is 5.91 Å². The minimum Gasteiger partial charge on any atom is -0.394 e. The Morgan fingerprint density at radius 1 is 1.50 bits per heavy atom. The fraction of sp³-hybridized carbons (Fsp3) is 0.364. The van der Waals surface area contributed by atoms with Crippen LogP contribution in [0.2, 0.25) is 0 Å². The molecule has 1 aromatic carbocycles. The van der Waals surface area contributed by atoms with Crippen LogP contribution in [0.4, 0.5) is 13.2 Å². The molecule has 0 aliphatic rings. The number of aliphatic hydroxyl groups is 1. The Hall–Kier alpha value is -1.08. The van der Waals surface area contributed by atoms with E-state index >= 15 is 0 Å². The molecule has 0 saturated heterocycles. The molecule has 0 aromatic heterocycles. The standard InChI is InChI=1S/C11H11BrF3NO2/c1-6(5-17)16-10(18)8-3-2-7(12)4-9(8)11(13,14)15/h2-4,6,17H,5H2,1H3,(H,16,18)/t6-/m0/s1. The van der Waals surface area contributed by atoms with Gasteiger partial charge in [0.15, 0.2) is 0 Å². The van der Waals surface area contributed by atoms with E-state index < -0.39 is 29.3 Å². The van der Waals surface area contributed by atoms with Crippen LogP contribution < -0.4 is 5.32 Å². The highest BCUT2D eigenvalue weighted by atomic mass is 79.9. The molecule has 0 unspecified atom stereocenters. The maximum Gasteiger partial charge on any atom is 0.417 e. The zero-order chi connectivity index (χ0) is 13.9. The first kappa shape index (κ1) is 15.0. The number of aliphatic hydroxyl groups excluding tert-OH is 1. The van der Waals surface area contributed by atoms with E-state index in [1.807, 2.05) is 0 Å². The summed E-state index contributed by atoms with van der Waals surface area (Å²) in [5, 5.41) is 11.0. The van der Waals surface area contributed by atoms with E-state index in [9.17, 15) is 18.0 Å². The second-order valence-corrected chi connectivity index (χ2v) is 4.66. The van der Waals surface area contributed by atoms with Crippen LogP contribution in [0.5, 0.6) is 0 Å². The third-order valence-corrected chi connectivity index (χ3v) is 2.68. The Morgan fingerprint density at radius 2 is 2.11 bits per heavy atom. The Balaban J connectivity index is 3.12. The lowest BCUT2D eigenvalue weighted by Gasteiger charge is -2.15. The lowest BCUT2D eigenvalue weighted by molar-refractivity contribution is -0.138. The van der Waals surface area contributed by atoms with Gasteiger partial charge >= 0.3 is 6.18 Å². The Morgan fingerprint density at radius 3 is 2.61 bits per heavy atom. The Labute approximate surface area is 110 Å². The molecular weight excluding hydrogens is 315 g/mol. The van der Waals surface area contributed by atoms with E-state index in [-0.39, 0.29) is 11.1 Å². The van der Waals surface area contributed by atoms with E-state index in [0.717, 1.165) is 12.1 Å². The van der Waals surface area contributed by atoms with Gasteiger partial charge in [0.05, 0.1) is 17.7 Å². The molecule has 1 rings (SSSR count). The summed E-state index contributed by atoms with van der Waals surface area (Å²) in [4.78, 5) is 11.7. The number of carbonyl (C=O) groups is 1. The van der Waals surface area contributed by atoms with Crippen LogP contribution in [-0.2, 0) is 6.18 Å². The molecule has 0 aliphatic carbocycles. The van der Waals surface area contributed by atoms with Crippen molar-refractivity contribution >= 4 is 21.8 Å². The van der Waals surface area contributed by atoms with Crippen LogP contribution in [0, 0.1) is 0 Å². The Bertz CT molecular complexity index is 448. The van der Waals surface area contributed by atoms with Gasteiger partial charge in [-0.05, 0) is 25.1 Å². The first-order chi connectivity index (χ1) is 8.25. The molecule has 1 amide bonds. The molecule has 2 N–H and O–H groups in total. The second-order valence-electron chi connectivity index (χ2n) is 3.74. The van der Waals surface area contributed by atoms with Crippen molar-refractivity contribution in [1.82, 2.24) is 5.32 Å². The lowest BCUT2D eigenvalue weighted by atomic mass is 10.1. The number of nitrogens with one attached hydrogen (secondary N) is 1. The maximum atomic E-state index is 12.8. The predicted octanol–water partition coefficient (Wildman–Crippen LogP) is 2.58. The van der Waals surface area contributed by atoms with Crippen LogP contribution in [0.3, 0.4) is 0 Å². The number of hydrogen-bond donors (Lipinski definition) is 2. The number of benzene rings is 1. The van der Waals surface area contributed by atoms with Crippen molar-refractivity contribution < 1.29 is 23.1 Å². The van der Waals surface area contributed by atoms with Gasteiger partial charge in [0.1, 0.15) is 0 Å². The summed E-state index contributed by atoms with van der Waals surface area (Å²) >= 11 is 2.93. The summed E-state index contributed by atoms with van der Waals surface area (Å²) in [6, 6.07) is 2.68. The molecule has 100 valence electrons. The Kier molecular flexibility index (Phi) is 4.75. The van der Waals surface area contributed by atoms with E-state index in [2.05, 4.69) is 21.2 Å². The highest BCUT2D eigenvalue weighted by molar-refractivity contribution is 9.10. The number of hydrogen-bond acceptors (Lipinski definition) is 2. The quantitative estimate of drug-likeness (QED) is 0.897. The highest BCUT2D eigenvalue weighted by Gasteiger charge is 2.35. The molecule has 7 heteroatoms. The van der Waals surface area contributed by atoms with E-state index in [0.29, 0.717) is 0 Å². The highest BCUT2D eigenvalue weighted by Crippen LogP contribution is 2.33. The van der Waals surface area contributed by atoms with Crippen molar-refractivity contribution in [2.75, 3.05) is 6.61 Å². The summed E-state index contributed by atoms with van der Waals surface area (Å²) in [5.41, 5.74) is -1.48. The summed E-state index contributed by atoms with van der Waals surface area (Å²) in [5.74, 6) is -0.864. The molecule has 0 heterocycles. The SMILES string of the molecule is C[C@@H](CO)NC(=O)c1ccc(Br)cc1C(F)(F)F. The van der Waals surface area contributed by atoms with Crippen LogP contribution >= 0.6 is 15.9 Å². The van der Waals surface area contributed by atoms with Crippen LogP contribution in [0.1, 0.15) is 22.8 Å². The minimum atomic E-state index is -4.61. The number of carbonyl (C=O) groups excluding carboxylic acids is 1. The zero-order valence-corrected chi connectivity index (χ0v) is 11.0. The number of halogens is 4. The van der Waals surface area contributed by atoms with Gasteiger partial charge in [-0.25, -0.2) is 0 Å². The van der Waals surface area contributed by atoms with Crippen molar-refractivity contribution in [3.05, 3.63) is 33.8 Å². The summed E-state index contributed by atoms with van der Waals surface area (Å²) in [6.07, 6.45) is -4.61. The maximum absolute atomic E-state index is 12.8. The topological polar surface area (TPSA) is 49.3 Å². The molecular formula is C11H11BrF3NO2. The van der Waals surface area contributed by atoms with Crippen LogP contribution in [0.25, 0.3) is 0 Å². The molecule has 0 bridgehead atoms. The lowest BCUT2D eigenvalue weighted by Crippen LogP contribution is -2.36. The van der Waals surface area contributed by atoms with Gasteiger partial charge in [-0.1, -0.05) is 15.9 Å². The molecule has 1 aromatic rings.